The lowest BCUT2D eigenvalue weighted by molar-refractivity contribution is -0.161. The number of aliphatic hydroxyl groups excluding tert-OH is 2. The quantitative estimate of drug-likeness (QED) is 0.254. The summed E-state index contributed by atoms with van der Waals surface area (Å²) in [6, 6.07) is -3.31. The number of carboxylic acids is 1. The molecule has 4 fully saturated rings. The van der Waals surface area contributed by atoms with Crippen LogP contribution in [0.2, 0.25) is 0 Å². The smallest absolute Gasteiger partial charge is 0.329 e. The molecule has 0 bridgehead atoms. The van der Waals surface area contributed by atoms with Crippen LogP contribution in [0.1, 0.15) is 12.8 Å². The molecule has 0 radical (unpaired) electrons. The highest BCUT2D eigenvalue weighted by atomic mass is 16.5. The summed E-state index contributed by atoms with van der Waals surface area (Å²) < 4.78 is 10.9. The molecule has 0 aromatic rings. The Balaban J connectivity index is 1.35. The zero-order valence-electron chi connectivity index (χ0n) is 15.2. The van der Waals surface area contributed by atoms with Gasteiger partial charge in [0.1, 0.15) is 42.9 Å². The number of nitrogens with zero attached hydrogens (tertiary/aromatic N) is 2. The molecule has 4 rings (SSSR count). The maximum Gasteiger partial charge on any atom is 0.329 e. The van der Waals surface area contributed by atoms with Crippen LogP contribution >= 0.6 is 0 Å². The van der Waals surface area contributed by atoms with Crippen molar-refractivity contribution in [2.75, 3.05) is 13.1 Å². The summed E-state index contributed by atoms with van der Waals surface area (Å²) >= 11 is 0. The molecule has 4 saturated heterocycles. The molecule has 29 heavy (non-hydrogen) atoms. The van der Waals surface area contributed by atoms with E-state index in [2.05, 4.69) is 5.32 Å². The van der Waals surface area contributed by atoms with Gasteiger partial charge in [-0.25, -0.2) is 4.79 Å². The predicted octanol–water partition coefficient (Wildman–Crippen LogP) is -4.48. The van der Waals surface area contributed by atoms with Crippen molar-refractivity contribution in [1.29, 1.82) is 0 Å². The Kier molecular flexibility index (Phi) is 4.94. The van der Waals surface area contributed by atoms with E-state index in [0.29, 0.717) is 0 Å². The van der Waals surface area contributed by atoms with Crippen LogP contribution in [0, 0.1) is 0 Å². The number of β-lactam (4-membered cyclic amide) rings is 2. The van der Waals surface area contributed by atoms with Crippen molar-refractivity contribution < 1.29 is 44.0 Å². The lowest BCUT2D eigenvalue weighted by Gasteiger charge is -2.31. The third-order valence-corrected chi connectivity index (χ3v) is 5.79. The fourth-order valence-corrected chi connectivity index (χ4v) is 3.93. The van der Waals surface area contributed by atoms with Crippen LogP contribution < -0.4 is 11.1 Å². The van der Waals surface area contributed by atoms with Crippen molar-refractivity contribution in [1.82, 2.24) is 15.1 Å². The molecule has 0 aliphatic carbocycles. The zero-order chi connectivity index (χ0) is 21.0. The third kappa shape index (κ3) is 3.34. The van der Waals surface area contributed by atoms with E-state index in [1.54, 1.807) is 0 Å². The van der Waals surface area contributed by atoms with E-state index in [-0.39, 0.29) is 37.7 Å². The van der Waals surface area contributed by atoms with Gasteiger partial charge >= 0.3 is 5.97 Å². The number of nitrogens with one attached hydrogen (secondary N) is 1. The molecular weight excluding hydrogens is 392 g/mol. The third-order valence-electron chi connectivity index (χ3n) is 5.79. The van der Waals surface area contributed by atoms with Crippen LogP contribution in [0.4, 0.5) is 0 Å². The fourth-order valence-electron chi connectivity index (χ4n) is 3.93. The minimum atomic E-state index is -1.76. The summed E-state index contributed by atoms with van der Waals surface area (Å²) in [5, 5.41) is 32.2. The number of carbonyl (C=O) groups is 4. The number of nitrogens with two attached hydrogens (primary N) is 1. The van der Waals surface area contributed by atoms with Gasteiger partial charge in [-0.05, 0) is 0 Å². The Labute approximate surface area is 164 Å². The van der Waals surface area contributed by atoms with Gasteiger partial charge in [-0.1, -0.05) is 0 Å². The van der Waals surface area contributed by atoms with Crippen LogP contribution in [0.5, 0.6) is 0 Å². The maximum atomic E-state index is 12.4. The first-order valence-electron chi connectivity index (χ1n) is 9.22. The van der Waals surface area contributed by atoms with Crippen molar-refractivity contribution in [2.24, 2.45) is 5.73 Å². The first-order valence-corrected chi connectivity index (χ1v) is 9.22. The van der Waals surface area contributed by atoms with E-state index in [0.717, 1.165) is 0 Å². The van der Waals surface area contributed by atoms with Gasteiger partial charge in [0, 0.05) is 0 Å². The Morgan fingerprint density at radius 1 is 1.00 bits per heavy atom. The molecule has 4 aliphatic rings. The summed E-state index contributed by atoms with van der Waals surface area (Å²) in [4.78, 5) is 49.6. The monoisotopic (exact) mass is 414 g/mol. The highest BCUT2D eigenvalue weighted by molar-refractivity contribution is 5.88. The first kappa shape index (κ1) is 20.0. The Morgan fingerprint density at radius 2 is 1.48 bits per heavy atom. The lowest BCUT2D eigenvalue weighted by atomic mass is 10.0. The molecule has 4 aliphatic heterocycles. The van der Waals surface area contributed by atoms with Crippen LogP contribution in [-0.4, -0.2) is 111 Å². The van der Waals surface area contributed by atoms with Crippen molar-refractivity contribution >= 4 is 23.7 Å². The van der Waals surface area contributed by atoms with Gasteiger partial charge in [0.2, 0.25) is 17.7 Å². The van der Waals surface area contributed by atoms with E-state index in [1.165, 1.54) is 9.80 Å². The van der Waals surface area contributed by atoms with Gasteiger partial charge in [0.15, 0.2) is 6.04 Å². The standard InChI is InChI=1S/C16H22N4O9/c17-11(13(23)5-3-19-7(21)1-9(19)28-5)15(25)18-12(16(26)27)14(24)6-4-20-8(22)2-10(20)29-6/h5-6,9-14,23-24H,1-4,17H2,(H,18,25)(H,26,27)/t5-,6+,9-,10-,11-,12-,13+,14+/m0/s1. The highest BCUT2D eigenvalue weighted by Gasteiger charge is 2.51. The molecule has 0 aromatic carbocycles. The molecule has 6 N–H and O–H groups in total. The Hall–Kier alpha value is -2.32. The number of fused-ring (bicyclic) bond motifs is 2. The number of rotatable bonds is 7. The van der Waals surface area contributed by atoms with Crippen molar-refractivity contribution in [2.45, 2.75) is 61.8 Å². The van der Waals surface area contributed by atoms with Crippen molar-refractivity contribution in [3.8, 4) is 0 Å². The number of amides is 3. The topological polar surface area (TPSA) is 192 Å². The normalized spacial score (nSPS) is 34.4. The minimum Gasteiger partial charge on any atom is -0.480 e. The van der Waals surface area contributed by atoms with Gasteiger partial charge in [-0.3, -0.25) is 14.4 Å². The molecule has 0 spiro atoms. The van der Waals surface area contributed by atoms with Crippen LogP contribution in [0.25, 0.3) is 0 Å². The average Bonchev–Trinajstić information content (AvgIpc) is 3.20. The molecular formula is C16H22N4O9. The zero-order valence-corrected chi connectivity index (χ0v) is 15.2. The lowest BCUT2D eigenvalue weighted by Crippen LogP contribution is -2.60. The molecule has 4 heterocycles. The van der Waals surface area contributed by atoms with Gasteiger partial charge in [-0.2, -0.15) is 0 Å². The molecule has 0 unspecified atom stereocenters. The molecule has 0 saturated carbocycles. The number of hydrogen-bond acceptors (Lipinski definition) is 9. The second-order valence-electron chi connectivity index (χ2n) is 7.59. The number of ether oxygens (including phenoxy) is 2. The van der Waals surface area contributed by atoms with E-state index in [1.807, 2.05) is 0 Å². The number of carboxylic acid groups (broad SMARTS) is 1. The van der Waals surface area contributed by atoms with Crippen LogP contribution in [0.15, 0.2) is 0 Å². The molecule has 3 amide bonds. The summed E-state index contributed by atoms with van der Waals surface area (Å²) in [5.41, 5.74) is 5.76. The van der Waals surface area contributed by atoms with Gasteiger partial charge in [0.05, 0.1) is 25.9 Å². The first-order chi connectivity index (χ1) is 13.7. The number of carbonyl (C=O) groups excluding carboxylic acids is 3. The largest absolute Gasteiger partial charge is 0.480 e. The summed E-state index contributed by atoms with van der Waals surface area (Å²) in [5.74, 6) is -2.82. The molecule has 160 valence electrons. The van der Waals surface area contributed by atoms with E-state index in [4.69, 9.17) is 15.2 Å². The van der Waals surface area contributed by atoms with Crippen LogP contribution in [-0.2, 0) is 28.7 Å². The minimum absolute atomic E-state index is 0.0140. The highest BCUT2D eigenvalue weighted by Crippen LogP contribution is 2.31. The predicted molar refractivity (Wildman–Crippen MR) is 89.5 cm³/mol. The molecule has 0 aromatic heterocycles. The summed E-state index contributed by atoms with van der Waals surface area (Å²) in [6.07, 6.45) is -5.58. The van der Waals surface area contributed by atoms with Crippen molar-refractivity contribution in [3.05, 3.63) is 0 Å². The fraction of sp³-hybridized carbons (Fsp3) is 0.750. The maximum absolute atomic E-state index is 12.4. The van der Waals surface area contributed by atoms with Gasteiger partial charge in [-0.15, -0.1) is 0 Å². The Bertz CT molecular complexity index is 748. The van der Waals surface area contributed by atoms with E-state index < -0.39 is 60.8 Å². The summed E-state index contributed by atoms with van der Waals surface area (Å²) in [6.45, 7) is 0.0952. The average molecular weight is 414 g/mol. The van der Waals surface area contributed by atoms with Gasteiger partial charge < -0.3 is 45.6 Å². The van der Waals surface area contributed by atoms with Crippen molar-refractivity contribution in [3.63, 3.8) is 0 Å². The second kappa shape index (κ2) is 7.18. The number of aliphatic hydroxyl groups is 2. The van der Waals surface area contributed by atoms with E-state index in [9.17, 15) is 34.5 Å². The SMILES string of the molecule is N[C@H](C(=O)N[C@H](C(=O)O)[C@H](O)[C@H]1CN2C(=O)C[C@@H]2O1)[C@H](O)[C@@H]1CN2C(=O)C[C@@H]2O1. The molecule has 13 nitrogen and oxygen atoms in total. The number of aliphatic carboxylic acids is 1. The van der Waals surface area contributed by atoms with Gasteiger partial charge in [0.25, 0.3) is 0 Å². The Morgan fingerprint density at radius 3 is 1.90 bits per heavy atom. The van der Waals surface area contributed by atoms with E-state index >= 15 is 0 Å². The number of hydrogen-bond donors (Lipinski definition) is 5. The van der Waals surface area contributed by atoms with Crippen LogP contribution in [0.3, 0.4) is 0 Å². The second-order valence-corrected chi connectivity index (χ2v) is 7.59. The summed E-state index contributed by atoms with van der Waals surface area (Å²) in [7, 11) is 0. The molecule has 13 heteroatoms. The molecule has 8 atom stereocenters.